The maximum absolute atomic E-state index is 12.7. The van der Waals surface area contributed by atoms with Crippen LogP contribution in [-0.2, 0) is 21.0 Å². The largest absolute Gasteiger partial charge is 0.486 e. The lowest BCUT2D eigenvalue weighted by molar-refractivity contribution is -0.137. The van der Waals surface area contributed by atoms with Crippen LogP contribution in [0.4, 0.5) is 18.9 Å². The first kappa shape index (κ1) is 23.9. The van der Waals surface area contributed by atoms with E-state index in [0.29, 0.717) is 44.0 Å². The zero-order valence-corrected chi connectivity index (χ0v) is 17.9. The van der Waals surface area contributed by atoms with Gasteiger partial charge in [0, 0.05) is 24.7 Å². The van der Waals surface area contributed by atoms with E-state index in [1.165, 1.54) is 24.3 Å². The standard InChI is InChI=1S/C21H23F3N2O5S/c22-21(23,24)15-5-4-6-16(13-15)26-20(27)7-2-1-3-10-25-32(28,29)17-8-9-18-19(14-17)31-12-11-30-18/h4-6,8-9,13-14,25H,1-3,7,10-12H2,(H,26,27). The van der Waals surface area contributed by atoms with Gasteiger partial charge in [-0.15, -0.1) is 0 Å². The maximum Gasteiger partial charge on any atom is 0.416 e. The number of hydrogen-bond donors (Lipinski definition) is 2. The van der Waals surface area contributed by atoms with Crippen LogP contribution in [0.1, 0.15) is 31.2 Å². The van der Waals surface area contributed by atoms with Crippen LogP contribution in [0.5, 0.6) is 11.5 Å². The van der Waals surface area contributed by atoms with Crippen molar-refractivity contribution in [3.8, 4) is 11.5 Å². The van der Waals surface area contributed by atoms with Gasteiger partial charge in [-0.25, -0.2) is 13.1 Å². The number of nitrogens with one attached hydrogen (secondary N) is 2. The molecule has 7 nitrogen and oxygen atoms in total. The molecule has 0 unspecified atom stereocenters. The first-order valence-corrected chi connectivity index (χ1v) is 11.5. The summed E-state index contributed by atoms with van der Waals surface area (Å²) in [5, 5.41) is 2.44. The second-order valence-electron chi connectivity index (χ2n) is 7.14. The van der Waals surface area contributed by atoms with Crippen molar-refractivity contribution in [1.82, 2.24) is 4.72 Å². The average Bonchev–Trinajstić information content (AvgIpc) is 2.75. The first-order valence-electron chi connectivity index (χ1n) is 10.0. The molecule has 2 N–H and O–H groups in total. The fraction of sp³-hybridized carbons (Fsp3) is 0.381. The van der Waals surface area contributed by atoms with Crippen LogP contribution >= 0.6 is 0 Å². The lowest BCUT2D eigenvalue weighted by Crippen LogP contribution is -2.25. The molecule has 0 aliphatic carbocycles. The summed E-state index contributed by atoms with van der Waals surface area (Å²) in [6.07, 6.45) is -2.82. The maximum atomic E-state index is 12.7. The Morgan fingerprint density at radius 3 is 2.47 bits per heavy atom. The van der Waals surface area contributed by atoms with Crippen molar-refractivity contribution >= 4 is 21.6 Å². The van der Waals surface area contributed by atoms with Crippen molar-refractivity contribution in [3.63, 3.8) is 0 Å². The number of alkyl halides is 3. The number of fused-ring (bicyclic) bond motifs is 1. The van der Waals surface area contributed by atoms with E-state index < -0.39 is 27.7 Å². The molecule has 1 aliphatic heterocycles. The van der Waals surface area contributed by atoms with Crippen molar-refractivity contribution in [3.05, 3.63) is 48.0 Å². The van der Waals surface area contributed by atoms with E-state index in [0.717, 1.165) is 12.1 Å². The van der Waals surface area contributed by atoms with E-state index in [2.05, 4.69) is 10.0 Å². The molecular weight excluding hydrogens is 449 g/mol. The smallest absolute Gasteiger partial charge is 0.416 e. The van der Waals surface area contributed by atoms with Crippen LogP contribution in [0.25, 0.3) is 0 Å². The molecular formula is C21H23F3N2O5S. The molecule has 1 amide bonds. The molecule has 1 aliphatic rings. The molecule has 0 saturated carbocycles. The highest BCUT2D eigenvalue weighted by Crippen LogP contribution is 2.32. The van der Waals surface area contributed by atoms with Crippen LogP contribution < -0.4 is 19.5 Å². The summed E-state index contributed by atoms with van der Waals surface area (Å²) in [6.45, 7) is 0.951. The molecule has 0 spiro atoms. The fourth-order valence-electron chi connectivity index (χ4n) is 3.06. The summed E-state index contributed by atoms with van der Waals surface area (Å²) in [7, 11) is -3.71. The van der Waals surface area contributed by atoms with Crippen molar-refractivity contribution in [2.45, 2.75) is 36.8 Å². The minimum atomic E-state index is -4.48. The van der Waals surface area contributed by atoms with Crippen LogP contribution in [0.15, 0.2) is 47.4 Å². The normalized spacial score (nSPS) is 13.6. The van der Waals surface area contributed by atoms with Gasteiger partial charge in [-0.1, -0.05) is 12.5 Å². The molecule has 0 aromatic heterocycles. The topological polar surface area (TPSA) is 93.7 Å². The van der Waals surface area contributed by atoms with Gasteiger partial charge in [0.15, 0.2) is 11.5 Å². The van der Waals surface area contributed by atoms with Gasteiger partial charge in [-0.2, -0.15) is 13.2 Å². The Kier molecular flexibility index (Phi) is 7.62. The zero-order valence-electron chi connectivity index (χ0n) is 17.1. The third-order valence-electron chi connectivity index (χ3n) is 4.67. The first-order chi connectivity index (χ1) is 15.1. The summed E-state index contributed by atoms with van der Waals surface area (Å²) in [4.78, 5) is 12.0. The van der Waals surface area contributed by atoms with Gasteiger partial charge in [0.05, 0.1) is 10.5 Å². The monoisotopic (exact) mass is 472 g/mol. The summed E-state index contributed by atoms with van der Waals surface area (Å²) in [5.41, 5.74) is -0.752. The Morgan fingerprint density at radius 2 is 1.72 bits per heavy atom. The van der Waals surface area contributed by atoms with Crippen LogP contribution in [0.2, 0.25) is 0 Å². The van der Waals surface area contributed by atoms with E-state index in [-0.39, 0.29) is 23.5 Å². The minimum Gasteiger partial charge on any atom is -0.486 e. The van der Waals surface area contributed by atoms with E-state index in [9.17, 15) is 26.4 Å². The fourth-order valence-corrected chi connectivity index (χ4v) is 4.15. The molecule has 0 atom stereocenters. The number of amides is 1. The van der Waals surface area contributed by atoms with Gasteiger partial charge in [-0.05, 0) is 43.2 Å². The predicted molar refractivity (Wildman–Crippen MR) is 111 cm³/mol. The molecule has 2 aromatic rings. The minimum absolute atomic E-state index is 0.0715. The SMILES string of the molecule is O=C(CCCCCNS(=O)(=O)c1ccc2c(c1)OCCO2)Nc1cccc(C(F)(F)F)c1. The highest BCUT2D eigenvalue weighted by Gasteiger charge is 2.30. The van der Waals surface area contributed by atoms with Gasteiger partial charge >= 0.3 is 6.18 Å². The Labute approximate surface area is 184 Å². The van der Waals surface area contributed by atoms with Gasteiger partial charge in [0.25, 0.3) is 0 Å². The number of sulfonamides is 1. The predicted octanol–water partition coefficient (Wildman–Crippen LogP) is 3.95. The van der Waals surface area contributed by atoms with E-state index in [1.807, 2.05) is 0 Å². The molecule has 3 rings (SSSR count). The van der Waals surface area contributed by atoms with Gasteiger partial charge < -0.3 is 14.8 Å². The lowest BCUT2D eigenvalue weighted by Gasteiger charge is -2.18. The number of benzene rings is 2. The molecule has 0 saturated heterocycles. The number of carbonyl (C=O) groups is 1. The summed E-state index contributed by atoms with van der Waals surface area (Å²) < 4.78 is 76.2. The summed E-state index contributed by atoms with van der Waals surface area (Å²) >= 11 is 0. The van der Waals surface area contributed by atoms with Gasteiger partial charge in [0.1, 0.15) is 13.2 Å². The van der Waals surface area contributed by atoms with E-state index >= 15 is 0 Å². The number of ether oxygens (including phenoxy) is 2. The molecule has 0 fully saturated rings. The highest BCUT2D eigenvalue weighted by atomic mass is 32.2. The Morgan fingerprint density at radius 1 is 0.969 bits per heavy atom. The molecule has 32 heavy (non-hydrogen) atoms. The number of hydrogen-bond acceptors (Lipinski definition) is 5. The number of rotatable bonds is 9. The van der Waals surface area contributed by atoms with Crippen molar-refractivity contribution in [2.24, 2.45) is 0 Å². The van der Waals surface area contributed by atoms with Crippen LogP contribution in [0, 0.1) is 0 Å². The highest BCUT2D eigenvalue weighted by molar-refractivity contribution is 7.89. The summed E-state index contributed by atoms with van der Waals surface area (Å²) in [5.74, 6) is 0.478. The molecule has 11 heteroatoms. The van der Waals surface area contributed by atoms with Gasteiger partial charge in [-0.3, -0.25) is 4.79 Å². The Balaban J connectivity index is 1.38. The number of unbranched alkanes of at least 4 members (excludes halogenated alkanes) is 2. The van der Waals surface area contributed by atoms with Crippen LogP contribution in [-0.4, -0.2) is 34.1 Å². The lowest BCUT2D eigenvalue weighted by atomic mass is 10.1. The molecule has 174 valence electrons. The van der Waals surface area contributed by atoms with Crippen molar-refractivity contribution in [1.29, 1.82) is 0 Å². The van der Waals surface area contributed by atoms with Crippen molar-refractivity contribution < 1.29 is 35.9 Å². The Bertz CT molecular complexity index is 1060. The third-order valence-corrected chi connectivity index (χ3v) is 6.13. The van der Waals surface area contributed by atoms with Gasteiger partial charge in [0.2, 0.25) is 15.9 Å². The van der Waals surface area contributed by atoms with E-state index in [4.69, 9.17) is 9.47 Å². The quantitative estimate of drug-likeness (QED) is 0.539. The summed E-state index contributed by atoms with van der Waals surface area (Å²) in [6, 6.07) is 8.83. The van der Waals surface area contributed by atoms with E-state index in [1.54, 1.807) is 6.07 Å². The third kappa shape index (κ3) is 6.60. The number of anilines is 1. The average molecular weight is 472 g/mol. The second kappa shape index (κ2) is 10.2. The number of carbonyl (C=O) groups excluding carboxylic acids is 1. The second-order valence-corrected chi connectivity index (χ2v) is 8.91. The van der Waals surface area contributed by atoms with Crippen LogP contribution in [0.3, 0.4) is 0 Å². The molecule has 1 heterocycles. The molecule has 0 radical (unpaired) electrons. The molecule has 0 bridgehead atoms. The zero-order chi connectivity index (χ0) is 23.2. The number of halogens is 3. The Hall–Kier alpha value is -2.79. The molecule has 2 aromatic carbocycles. The van der Waals surface area contributed by atoms with Crippen molar-refractivity contribution in [2.75, 3.05) is 25.1 Å².